The van der Waals surface area contributed by atoms with Gasteiger partial charge in [-0.1, -0.05) is 28.5 Å². The van der Waals surface area contributed by atoms with Gasteiger partial charge in [-0.05, 0) is 68.1 Å². The minimum Gasteiger partial charge on any atom is -0.486 e. The van der Waals surface area contributed by atoms with Crippen LogP contribution in [0.5, 0.6) is 5.75 Å². The van der Waals surface area contributed by atoms with Crippen molar-refractivity contribution in [3.05, 3.63) is 67.1 Å². The number of rotatable bonds is 7. The van der Waals surface area contributed by atoms with Gasteiger partial charge >= 0.3 is 0 Å². The van der Waals surface area contributed by atoms with Crippen LogP contribution in [-0.2, 0) is 14.4 Å². The monoisotopic (exact) mass is 489 g/mol. The van der Waals surface area contributed by atoms with Crippen LogP contribution in [0.2, 0.25) is 0 Å². The van der Waals surface area contributed by atoms with Crippen molar-refractivity contribution in [2.75, 3.05) is 25.9 Å². The second kappa shape index (κ2) is 8.55. The molecule has 7 nitrogen and oxygen atoms in total. The number of hydrogen-bond acceptors (Lipinski definition) is 5. The van der Waals surface area contributed by atoms with Crippen LogP contribution in [0.3, 0.4) is 0 Å². The van der Waals surface area contributed by atoms with Crippen molar-refractivity contribution in [1.82, 2.24) is 19.5 Å². The van der Waals surface area contributed by atoms with Crippen molar-refractivity contribution in [2.24, 2.45) is 0 Å². The molecule has 0 bridgehead atoms. The van der Waals surface area contributed by atoms with Gasteiger partial charge in [0.05, 0.1) is 6.20 Å². The lowest BCUT2D eigenvalue weighted by molar-refractivity contribution is 0.126. The summed E-state index contributed by atoms with van der Waals surface area (Å²) in [5, 5.41) is 4.49. The Bertz CT molecular complexity index is 1420. The van der Waals surface area contributed by atoms with Gasteiger partial charge < -0.3 is 4.74 Å². The summed E-state index contributed by atoms with van der Waals surface area (Å²) in [7, 11) is -3.04. The summed E-state index contributed by atoms with van der Waals surface area (Å²) in [6.45, 7) is 3.43. The van der Waals surface area contributed by atoms with Crippen LogP contribution >= 0.6 is 0 Å². The standard InChI is InChI=1S/C27H28N4O3S/c1-35(32,33)24-6-4-5-21(15-24)25-17-29-31-18-22(16-28-26(25)31)20-7-9-23(10-8-20)34-27(11-12-27)19-30-13-2-3-14-30/h4-10,15-18H,2-3,11-14,19H2,1H3/p+1. The number of likely N-dealkylation sites (tertiary alicyclic amines) is 1. The number of ether oxygens (including phenoxy) is 1. The lowest BCUT2D eigenvalue weighted by atomic mass is 10.1. The van der Waals surface area contributed by atoms with Crippen LogP contribution in [0.25, 0.3) is 27.9 Å². The van der Waals surface area contributed by atoms with E-state index in [1.165, 1.54) is 32.2 Å². The largest absolute Gasteiger partial charge is 0.486 e. The fourth-order valence-electron chi connectivity index (χ4n) is 4.87. The predicted octanol–water partition coefficient (Wildman–Crippen LogP) is 5.03. The minimum atomic E-state index is -3.04. The SMILES string of the molecule is C[S+](=O)(O)c1cccc(-c2cnn3cc(-c4ccc(OC5(CN6CCCC6)CC5)cc4)cnc23)c1. The molecule has 2 fully saturated rings. The summed E-state index contributed by atoms with van der Waals surface area (Å²) in [5.74, 6) is 0.914. The summed E-state index contributed by atoms with van der Waals surface area (Å²) in [6, 6.07) is 15.3. The zero-order chi connectivity index (χ0) is 24.0. The van der Waals surface area contributed by atoms with Crippen molar-refractivity contribution in [1.29, 1.82) is 0 Å². The fraction of sp³-hybridized carbons (Fsp3) is 0.333. The molecule has 1 N–H and O–H groups in total. The molecule has 1 saturated carbocycles. The van der Waals surface area contributed by atoms with Gasteiger partial charge in [0.25, 0.3) is 0 Å². The molecule has 1 aliphatic carbocycles. The quantitative estimate of drug-likeness (QED) is 0.367. The molecule has 1 saturated heterocycles. The van der Waals surface area contributed by atoms with Gasteiger partial charge in [-0.2, -0.15) is 9.65 Å². The van der Waals surface area contributed by atoms with Crippen molar-refractivity contribution >= 4 is 15.9 Å². The summed E-state index contributed by atoms with van der Waals surface area (Å²) < 4.78 is 30.1. The predicted molar refractivity (Wildman–Crippen MR) is 137 cm³/mol. The molecule has 35 heavy (non-hydrogen) atoms. The van der Waals surface area contributed by atoms with E-state index in [-0.39, 0.29) is 5.60 Å². The summed E-state index contributed by atoms with van der Waals surface area (Å²) in [6.07, 6.45) is 11.7. The third kappa shape index (κ3) is 4.61. The molecule has 0 amide bonds. The molecule has 1 unspecified atom stereocenters. The maximum Gasteiger partial charge on any atom is 0.244 e. The van der Waals surface area contributed by atoms with Crippen LogP contribution in [0.15, 0.2) is 72.0 Å². The molecule has 2 aliphatic rings. The molecule has 2 aromatic carbocycles. The molecule has 0 spiro atoms. The molecule has 2 aromatic heterocycles. The molecule has 8 heteroatoms. The van der Waals surface area contributed by atoms with Crippen LogP contribution in [0.4, 0.5) is 0 Å². The van der Waals surface area contributed by atoms with Gasteiger partial charge in [0, 0.05) is 36.1 Å². The lowest BCUT2D eigenvalue weighted by Gasteiger charge is -2.24. The molecule has 0 radical (unpaired) electrons. The number of fused-ring (bicyclic) bond motifs is 1. The van der Waals surface area contributed by atoms with E-state index in [0.717, 1.165) is 47.4 Å². The second-order valence-electron chi connectivity index (χ2n) is 9.79. The van der Waals surface area contributed by atoms with Gasteiger partial charge in [-0.3, -0.25) is 4.90 Å². The van der Waals surface area contributed by atoms with Gasteiger partial charge in [-0.25, -0.2) is 9.50 Å². The van der Waals surface area contributed by atoms with E-state index in [9.17, 15) is 8.76 Å². The summed E-state index contributed by atoms with van der Waals surface area (Å²) >= 11 is 0. The Morgan fingerprint density at radius 3 is 2.51 bits per heavy atom. The van der Waals surface area contributed by atoms with Gasteiger partial charge in [0.15, 0.2) is 10.5 Å². The molecule has 4 aromatic rings. The number of aromatic nitrogens is 3. The van der Waals surface area contributed by atoms with Crippen LogP contribution in [0, 0.1) is 0 Å². The highest BCUT2D eigenvalue weighted by Gasteiger charge is 2.47. The number of nitrogens with zero attached hydrogens (tertiary/aromatic N) is 4. The Morgan fingerprint density at radius 2 is 1.80 bits per heavy atom. The van der Waals surface area contributed by atoms with E-state index in [0.29, 0.717) is 10.5 Å². The summed E-state index contributed by atoms with van der Waals surface area (Å²) in [5.41, 5.74) is 4.32. The minimum absolute atomic E-state index is 0.00384. The van der Waals surface area contributed by atoms with E-state index in [1.807, 2.05) is 30.6 Å². The summed E-state index contributed by atoms with van der Waals surface area (Å²) in [4.78, 5) is 7.58. The molecular formula is C27H29N4O3S+. The van der Waals surface area contributed by atoms with Crippen molar-refractivity contribution < 1.29 is 13.5 Å². The van der Waals surface area contributed by atoms with E-state index < -0.39 is 10.2 Å². The molecular weight excluding hydrogens is 460 g/mol. The van der Waals surface area contributed by atoms with Crippen molar-refractivity contribution in [3.8, 4) is 28.0 Å². The van der Waals surface area contributed by atoms with Gasteiger partial charge in [0.1, 0.15) is 17.6 Å². The number of hydrogen-bond donors (Lipinski definition) is 1. The Morgan fingerprint density at radius 1 is 1.03 bits per heavy atom. The van der Waals surface area contributed by atoms with E-state index in [4.69, 9.17) is 4.74 Å². The normalized spacial score (nSPS) is 19.0. The third-order valence-corrected chi connectivity index (χ3v) is 8.11. The molecule has 180 valence electrons. The molecule has 6 rings (SSSR count). The fourth-order valence-corrected chi connectivity index (χ4v) is 5.55. The van der Waals surface area contributed by atoms with Crippen molar-refractivity contribution in [2.45, 2.75) is 36.2 Å². The average molecular weight is 490 g/mol. The maximum absolute atomic E-state index is 12.1. The first kappa shape index (κ1) is 22.4. The molecule has 1 atom stereocenters. The third-order valence-electron chi connectivity index (χ3n) is 6.98. The van der Waals surface area contributed by atoms with Crippen LogP contribution in [0.1, 0.15) is 25.7 Å². The Kier molecular flexibility index (Phi) is 5.47. The molecule has 3 heterocycles. The topological polar surface area (TPSA) is 80.0 Å². The van der Waals surface area contributed by atoms with E-state index in [2.05, 4.69) is 27.1 Å². The van der Waals surface area contributed by atoms with E-state index >= 15 is 0 Å². The Hall–Kier alpha value is -3.07. The zero-order valence-electron chi connectivity index (χ0n) is 19.8. The van der Waals surface area contributed by atoms with Crippen LogP contribution < -0.4 is 4.74 Å². The van der Waals surface area contributed by atoms with E-state index in [1.54, 1.807) is 28.9 Å². The van der Waals surface area contributed by atoms with Crippen LogP contribution in [-0.4, -0.2) is 55.5 Å². The lowest BCUT2D eigenvalue weighted by Crippen LogP contribution is -2.35. The molecule has 1 aliphatic heterocycles. The highest BCUT2D eigenvalue weighted by Crippen LogP contribution is 2.42. The highest BCUT2D eigenvalue weighted by atomic mass is 32.3. The maximum atomic E-state index is 12.1. The smallest absolute Gasteiger partial charge is 0.244 e. The Balaban J connectivity index is 1.21. The first-order chi connectivity index (χ1) is 16.9. The number of benzene rings is 2. The average Bonchev–Trinajstić information content (AvgIpc) is 3.21. The second-order valence-corrected chi connectivity index (χ2v) is 11.9. The zero-order valence-corrected chi connectivity index (χ0v) is 20.6. The van der Waals surface area contributed by atoms with Crippen molar-refractivity contribution in [3.63, 3.8) is 0 Å². The first-order valence-electron chi connectivity index (χ1n) is 12.1. The van der Waals surface area contributed by atoms with Gasteiger partial charge in [-0.15, -0.1) is 0 Å². The van der Waals surface area contributed by atoms with Gasteiger partial charge in [0.2, 0.25) is 10.2 Å². The highest BCUT2D eigenvalue weighted by molar-refractivity contribution is 7.97. The Labute approximate surface area is 206 Å². The first-order valence-corrected chi connectivity index (χ1v) is 14.0.